The number of amides is 1. The van der Waals surface area contributed by atoms with Crippen LogP contribution in [0.2, 0.25) is 0 Å². The van der Waals surface area contributed by atoms with Crippen molar-refractivity contribution in [2.45, 2.75) is 36.5 Å². The highest BCUT2D eigenvalue weighted by molar-refractivity contribution is 7.91. The number of aryl methyl sites for hydroxylation is 1. The van der Waals surface area contributed by atoms with Gasteiger partial charge in [-0.25, -0.2) is 8.42 Å². The van der Waals surface area contributed by atoms with Gasteiger partial charge in [0.15, 0.2) is 0 Å². The predicted octanol–water partition coefficient (Wildman–Crippen LogP) is 1.46. The van der Waals surface area contributed by atoms with Gasteiger partial charge in [-0.2, -0.15) is 4.31 Å². The summed E-state index contributed by atoms with van der Waals surface area (Å²) in [4.78, 5) is 14.2. The summed E-state index contributed by atoms with van der Waals surface area (Å²) >= 11 is 1.25. The molecule has 3 rings (SSSR count). The maximum Gasteiger partial charge on any atom is 0.252 e. The van der Waals surface area contributed by atoms with Gasteiger partial charge in [-0.05, 0) is 43.2 Å². The van der Waals surface area contributed by atoms with Crippen LogP contribution in [-0.4, -0.2) is 62.4 Å². The third-order valence-corrected chi connectivity index (χ3v) is 7.70. The maximum absolute atomic E-state index is 12.7. The van der Waals surface area contributed by atoms with Crippen molar-refractivity contribution >= 4 is 27.3 Å². The first-order chi connectivity index (χ1) is 11.0. The van der Waals surface area contributed by atoms with Crippen molar-refractivity contribution in [1.82, 2.24) is 9.21 Å². The lowest BCUT2D eigenvalue weighted by Crippen LogP contribution is -2.41. The highest BCUT2D eigenvalue weighted by Gasteiger charge is 2.32. The fraction of sp³-hybridized carbons (Fsp3) is 0.667. The number of rotatable bonds is 3. The Balaban J connectivity index is 1.67. The lowest BCUT2D eigenvalue weighted by molar-refractivity contribution is -0.140. The zero-order chi connectivity index (χ0) is 16.4. The first-order valence-corrected chi connectivity index (χ1v) is 10.3. The Bertz CT molecular complexity index is 665. The van der Waals surface area contributed by atoms with Crippen molar-refractivity contribution in [3.8, 4) is 0 Å². The number of carbonyl (C=O) groups is 1. The van der Waals surface area contributed by atoms with E-state index >= 15 is 0 Å². The van der Waals surface area contributed by atoms with E-state index in [1.165, 1.54) is 15.6 Å². The zero-order valence-electron chi connectivity index (χ0n) is 13.2. The summed E-state index contributed by atoms with van der Waals surface area (Å²) in [6.45, 7) is 4.35. The molecule has 2 fully saturated rings. The number of thiophene rings is 1. The molecule has 3 heterocycles. The van der Waals surface area contributed by atoms with Gasteiger partial charge in [0.25, 0.3) is 15.9 Å². The van der Waals surface area contributed by atoms with Crippen molar-refractivity contribution in [2.75, 3.05) is 32.8 Å². The quantitative estimate of drug-likeness (QED) is 0.820. The van der Waals surface area contributed by atoms with Gasteiger partial charge in [0.1, 0.15) is 10.3 Å². The zero-order valence-corrected chi connectivity index (χ0v) is 14.9. The van der Waals surface area contributed by atoms with Crippen molar-refractivity contribution in [1.29, 1.82) is 0 Å². The van der Waals surface area contributed by atoms with E-state index in [4.69, 9.17) is 4.74 Å². The van der Waals surface area contributed by atoms with E-state index in [1.807, 2.05) is 12.3 Å². The molecular weight excluding hydrogens is 336 g/mol. The second-order valence-electron chi connectivity index (χ2n) is 6.03. The molecule has 1 amide bonds. The Morgan fingerprint density at radius 2 is 2.09 bits per heavy atom. The van der Waals surface area contributed by atoms with E-state index in [0.717, 1.165) is 18.4 Å². The summed E-state index contributed by atoms with van der Waals surface area (Å²) in [5.74, 6) is 0.00807. The second-order valence-corrected chi connectivity index (χ2v) is 9.10. The molecule has 0 spiro atoms. The van der Waals surface area contributed by atoms with Crippen LogP contribution >= 0.6 is 11.3 Å². The Hall–Kier alpha value is -0.960. The fourth-order valence-electron chi connectivity index (χ4n) is 3.00. The van der Waals surface area contributed by atoms with E-state index in [0.29, 0.717) is 43.4 Å². The Labute approximate surface area is 141 Å². The molecule has 8 heteroatoms. The Morgan fingerprint density at radius 3 is 2.74 bits per heavy atom. The predicted molar refractivity (Wildman–Crippen MR) is 88.0 cm³/mol. The van der Waals surface area contributed by atoms with E-state index in [9.17, 15) is 13.2 Å². The minimum atomic E-state index is -3.45. The normalized spacial score (nSPS) is 23.9. The molecule has 0 aliphatic carbocycles. The Kier molecular flexibility index (Phi) is 5.05. The van der Waals surface area contributed by atoms with Crippen LogP contribution in [-0.2, 0) is 19.6 Å². The van der Waals surface area contributed by atoms with Crippen LogP contribution in [0.15, 0.2) is 15.7 Å². The molecule has 0 bridgehead atoms. The molecule has 2 aliphatic heterocycles. The van der Waals surface area contributed by atoms with Crippen molar-refractivity contribution in [3.63, 3.8) is 0 Å². The van der Waals surface area contributed by atoms with Gasteiger partial charge in [0, 0.05) is 32.8 Å². The first kappa shape index (κ1) is 16.9. The SMILES string of the molecule is Cc1csc(S(=O)(=O)N2CCCN(C(=O)C3CCCO3)CC2)c1. The number of carbonyl (C=O) groups excluding carboxylic acids is 1. The first-order valence-electron chi connectivity index (χ1n) is 7.94. The summed E-state index contributed by atoms with van der Waals surface area (Å²) in [6, 6.07) is 1.71. The highest BCUT2D eigenvalue weighted by atomic mass is 32.2. The molecule has 0 aromatic carbocycles. The average Bonchev–Trinajstić information content (AvgIpc) is 3.13. The van der Waals surface area contributed by atoms with Crippen LogP contribution in [0.5, 0.6) is 0 Å². The number of hydrogen-bond donors (Lipinski definition) is 0. The minimum Gasteiger partial charge on any atom is -0.368 e. The van der Waals surface area contributed by atoms with Crippen LogP contribution in [0.25, 0.3) is 0 Å². The third kappa shape index (κ3) is 3.60. The van der Waals surface area contributed by atoms with Crippen molar-refractivity contribution in [2.24, 2.45) is 0 Å². The molecule has 6 nitrogen and oxygen atoms in total. The second kappa shape index (κ2) is 6.88. The maximum atomic E-state index is 12.7. The van der Waals surface area contributed by atoms with Gasteiger partial charge >= 0.3 is 0 Å². The fourth-order valence-corrected chi connectivity index (χ4v) is 5.85. The van der Waals surface area contributed by atoms with Crippen molar-refractivity contribution < 1.29 is 17.9 Å². The standard InChI is InChI=1S/C15H22N2O4S2/c1-12-10-14(22-11-12)23(19,20)17-6-3-5-16(7-8-17)15(18)13-4-2-9-21-13/h10-11,13H,2-9H2,1H3. The van der Waals surface area contributed by atoms with Gasteiger partial charge < -0.3 is 9.64 Å². The van der Waals surface area contributed by atoms with E-state index in [2.05, 4.69) is 0 Å². The van der Waals surface area contributed by atoms with Gasteiger partial charge in [-0.3, -0.25) is 4.79 Å². The van der Waals surface area contributed by atoms with Crippen LogP contribution < -0.4 is 0 Å². The molecule has 1 unspecified atom stereocenters. The average molecular weight is 358 g/mol. The van der Waals surface area contributed by atoms with Gasteiger partial charge in [-0.15, -0.1) is 11.3 Å². The molecule has 2 saturated heterocycles. The van der Waals surface area contributed by atoms with Gasteiger partial charge in [0.05, 0.1) is 0 Å². The monoisotopic (exact) mass is 358 g/mol. The summed E-state index contributed by atoms with van der Waals surface area (Å²) in [5, 5.41) is 1.85. The molecule has 1 aromatic rings. The molecule has 1 atom stereocenters. The molecule has 0 saturated carbocycles. The molecule has 0 radical (unpaired) electrons. The highest BCUT2D eigenvalue weighted by Crippen LogP contribution is 2.25. The molecule has 2 aliphatic rings. The minimum absolute atomic E-state index is 0.00807. The number of nitrogens with zero attached hydrogens (tertiary/aromatic N) is 2. The summed E-state index contributed by atoms with van der Waals surface area (Å²) < 4.78 is 32.7. The van der Waals surface area contributed by atoms with Gasteiger partial charge in [0.2, 0.25) is 0 Å². The van der Waals surface area contributed by atoms with Crippen LogP contribution in [0.1, 0.15) is 24.8 Å². The largest absolute Gasteiger partial charge is 0.368 e. The van der Waals surface area contributed by atoms with Gasteiger partial charge in [-0.1, -0.05) is 0 Å². The summed E-state index contributed by atoms with van der Waals surface area (Å²) in [7, 11) is -3.45. The topological polar surface area (TPSA) is 66.9 Å². The molecule has 128 valence electrons. The third-order valence-electron chi connectivity index (χ3n) is 4.27. The van der Waals surface area contributed by atoms with Crippen LogP contribution in [0.3, 0.4) is 0 Å². The lowest BCUT2D eigenvalue weighted by atomic mass is 10.2. The Morgan fingerprint density at radius 1 is 1.26 bits per heavy atom. The molecule has 1 aromatic heterocycles. The van der Waals surface area contributed by atoms with E-state index < -0.39 is 10.0 Å². The van der Waals surface area contributed by atoms with Crippen LogP contribution in [0.4, 0.5) is 0 Å². The van der Waals surface area contributed by atoms with Crippen LogP contribution in [0, 0.1) is 6.92 Å². The lowest BCUT2D eigenvalue weighted by Gasteiger charge is -2.23. The number of sulfonamides is 1. The van der Waals surface area contributed by atoms with E-state index in [-0.39, 0.29) is 12.0 Å². The summed E-state index contributed by atoms with van der Waals surface area (Å²) in [6.07, 6.45) is 2.01. The number of hydrogen-bond acceptors (Lipinski definition) is 5. The molecule has 0 N–H and O–H groups in total. The molecule has 23 heavy (non-hydrogen) atoms. The van der Waals surface area contributed by atoms with E-state index in [1.54, 1.807) is 11.0 Å². The smallest absolute Gasteiger partial charge is 0.252 e. The number of ether oxygens (including phenoxy) is 1. The van der Waals surface area contributed by atoms with Crippen molar-refractivity contribution in [3.05, 3.63) is 17.0 Å². The summed E-state index contributed by atoms with van der Waals surface area (Å²) in [5.41, 5.74) is 0.957. The molecular formula is C15H22N2O4S2.